The van der Waals surface area contributed by atoms with Crippen molar-refractivity contribution in [2.75, 3.05) is 63.6 Å². The van der Waals surface area contributed by atoms with Crippen molar-refractivity contribution in [3.05, 3.63) is 29.7 Å². The number of amides is 1. The Morgan fingerprint density at radius 3 is 2.79 bits per heavy atom. The van der Waals surface area contributed by atoms with Crippen LogP contribution in [0.25, 0.3) is 10.9 Å². The number of halogens is 1. The van der Waals surface area contributed by atoms with Crippen LogP contribution in [0.2, 0.25) is 0 Å². The number of carbonyl (C=O) groups is 1. The first-order valence-corrected chi connectivity index (χ1v) is 13.1. The number of anilines is 1. The van der Waals surface area contributed by atoms with Crippen LogP contribution in [0.15, 0.2) is 23.2 Å². The highest BCUT2D eigenvalue weighted by Crippen LogP contribution is 2.31. The molecule has 184 valence electrons. The maximum Gasteiger partial charge on any atom is 0.248 e. The van der Waals surface area contributed by atoms with Crippen LogP contribution in [0.1, 0.15) is 25.0 Å². The second-order valence-corrected chi connectivity index (χ2v) is 10.2. The monoisotopic (exact) mass is 489 g/mol. The minimum Gasteiger partial charge on any atom is -0.387 e. The SMILES string of the molecule is O=C(CO)N1CCN(CC[C@@H]2CSC(c3cc4cc(F)cc(NC5CCOCC5)c4[nH]3)=N2)CC1. The largest absolute Gasteiger partial charge is 0.387 e. The van der Waals surface area contributed by atoms with Gasteiger partial charge in [0.1, 0.15) is 17.5 Å². The fourth-order valence-corrected chi connectivity index (χ4v) is 5.94. The molecule has 1 atom stereocenters. The molecule has 0 bridgehead atoms. The number of rotatable bonds is 7. The molecule has 1 aromatic heterocycles. The lowest BCUT2D eigenvalue weighted by molar-refractivity contribution is -0.135. The zero-order chi connectivity index (χ0) is 23.5. The second kappa shape index (κ2) is 10.6. The molecule has 2 aromatic rings. The minimum absolute atomic E-state index is 0.189. The molecule has 0 spiro atoms. The molecular weight excluding hydrogens is 457 g/mol. The molecular formula is C24H32FN5O3S. The van der Waals surface area contributed by atoms with E-state index in [1.165, 1.54) is 0 Å². The maximum absolute atomic E-state index is 14.3. The standard InChI is InChI=1S/C24H32FN5O3S/c25-17-11-16-12-21(28-23(16)20(13-17)26-18-2-9-33-10-3-18)24-27-19(15-34-24)1-4-29-5-7-30(8-6-29)22(32)14-31/h11-13,18-19,26,28,31H,1-10,14-15H2/t19-/m1/s1. The smallest absolute Gasteiger partial charge is 0.248 e. The van der Waals surface area contributed by atoms with Crippen LogP contribution >= 0.6 is 11.8 Å². The van der Waals surface area contributed by atoms with Crippen LogP contribution < -0.4 is 5.32 Å². The molecule has 3 aliphatic rings. The van der Waals surface area contributed by atoms with Crippen molar-refractivity contribution in [2.45, 2.75) is 31.3 Å². The second-order valence-electron chi connectivity index (χ2n) is 9.20. The molecule has 4 heterocycles. The third-order valence-electron chi connectivity index (χ3n) is 6.86. The van der Waals surface area contributed by atoms with E-state index in [1.807, 2.05) is 6.07 Å². The lowest BCUT2D eigenvalue weighted by Crippen LogP contribution is -2.49. The summed E-state index contributed by atoms with van der Waals surface area (Å²) in [5, 5.41) is 14.4. The zero-order valence-electron chi connectivity index (χ0n) is 19.3. The minimum atomic E-state index is -0.412. The predicted molar refractivity (Wildman–Crippen MR) is 133 cm³/mol. The molecule has 10 heteroatoms. The van der Waals surface area contributed by atoms with E-state index in [4.69, 9.17) is 14.8 Å². The van der Waals surface area contributed by atoms with Crippen molar-refractivity contribution in [1.82, 2.24) is 14.8 Å². The van der Waals surface area contributed by atoms with Gasteiger partial charge in [-0.25, -0.2) is 4.39 Å². The summed E-state index contributed by atoms with van der Waals surface area (Å²) in [6, 6.07) is 5.68. The number of hydrogen-bond acceptors (Lipinski definition) is 7. The molecule has 0 aliphatic carbocycles. The van der Waals surface area contributed by atoms with E-state index in [2.05, 4.69) is 15.2 Å². The summed E-state index contributed by atoms with van der Waals surface area (Å²) in [6.45, 7) is 5.00. The molecule has 2 saturated heterocycles. The molecule has 5 rings (SSSR count). The molecule has 1 aromatic carbocycles. The van der Waals surface area contributed by atoms with Crippen molar-refractivity contribution < 1.29 is 19.0 Å². The van der Waals surface area contributed by atoms with E-state index in [0.29, 0.717) is 13.1 Å². The van der Waals surface area contributed by atoms with Crippen LogP contribution in [0.3, 0.4) is 0 Å². The number of thioether (sulfide) groups is 1. The Morgan fingerprint density at radius 1 is 1.24 bits per heavy atom. The number of aromatic nitrogens is 1. The van der Waals surface area contributed by atoms with Crippen LogP contribution in [-0.2, 0) is 9.53 Å². The number of aromatic amines is 1. The number of aliphatic imine (C=N–C) groups is 1. The van der Waals surface area contributed by atoms with Gasteiger partial charge in [-0.2, -0.15) is 0 Å². The predicted octanol–water partition coefficient (Wildman–Crippen LogP) is 2.29. The average molecular weight is 490 g/mol. The number of aliphatic hydroxyl groups excluding tert-OH is 1. The van der Waals surface area contributed by atoms with Crippen molar-refractivity contribution in [3.8, 4) is 0 Å². The molecule has 8 nitrogen and oxygen atoms in total. The number of ether oxygens (including phenoxy) is 1. The third-order valence-corrected chi connectivity index (χ3v) is 8.01. The van der Waals surface area contributed by atoms with Gasteiger partial charge in [0.05, 0.1) is 22.9 Å². The summed E-state index contributed by atoms with van der Waals surface area (Å²) in [5.41, 5.74) is 2.66. The van der Waals surface area contributed by atoms with Gasteiger partial charge in [0.2, 0.25) is 5.91 Å². The number of benzene rings is 1. The molecule has 1 amide bonds. The molecule has 0 radical (unpaired) electrons. The van der Waals surface area contributed by atoms with Gasteiger partial charge in [-0.3, -0.25) is 14.7 Å². The summed E-state index contributed by atoms with van der Waals surface area (Å²) in [7, 11) is 0. The molecule has 0 saturated carbocycles. The van der Waals surface area contributed by atoms with E-state index in [-0.39, 0.29) is 23.8 Å². The van der Waals surface area contributed by atoms with Gasteiger partial charge in [0.25, 0.3) is 0 Å². The van der Waals surface area contributed by atoms with Gasteiger partial charge in [-0.1, -0.05) is 0 Å². The number of piperazine rings is 1. The van der Waals surface area contributed by atoms with E-state index in [0.717, 1.165) is 85.2 Å². The van der Waals surface area contributed by atoms with Gasteiger partial charge < -0.3 is 25.0 Å². The summed E-state index contributed by atoms with van der Waals surface area (Å²) in [6.07, 6.45) is 2.81. The first-order chi connectivity index (χ1) is 16.6. The summed E-state index contributed by atoms with van der Waals surface area (Å²) < 4.78 is 19.8. The summed E-state index contributed by atoms with van der Waals surface area (Å²) in [4.78, 5) is 24.1. The fourth-order valence-electron chi connectivity index (χ4n) is 4.86. The van der Waals surface area contributed by atoms with Gasteiger partial charge in [-0.15, -0.1) is 11.8 Å². The van der Waals surface area contributed by atoms with Crippen LogP contribution in [-0.4, -0.2) is 101 Å². The summed E-state index contributed by atoms with van der Waals surface area (Å²) in [5.74, 6) is 0.507. The highest BCUT2D eigenvalue weighted by Gasteiger charge is 2.25. The maximum atomic E-state index is 14.3. The Balaban J connectivity index is 1.21. The topological polar surface area (TPSA) is 93.2 Å². The fraction of sp³-hybridized carbons (Fsp3) is 0.583. The number of H-pyrrole nitrogens is 1. The first-order valence-electron chi connectivity index (χ1n) is 12.1. The van der Waals surface area contributed by atoms with E-state index in [1.54, 1.807) is 28.8 Å². The molecule has 3 N–H and O–H groups in total. The quantitative estimate of drug-likeness (QED) is 0.553. The lowest BCUT2D eigenvalue weighted by Gasteiger charge is -2.34. The van der Waals surface area contributed by atoms with Crippen LogP contribution in [0, 0.1) is 5.82 Å². The number of hydrogen-bond donors (Lipinski definition) is 3. The highest BCUT2D eigenvalue weighted by molar-refractivity contribution is 8.14. The van der Waals surface area contributed by atoms with Crippen molar-refractivity contribution in [2.24, 2.45) is 4.99 Å². The number of fused-ring (bicyclic) bond motifs is 1. The normalized spacial score (nSPS) is 22.4. The van der Waals surface area contributed by atoms with Crippen molar-refractivity contribution in [1.29, 1.82) is 0 Å². The Morgan fingerprint density at radius 2 is 2.03 bits per heavy atom. The van der Waals surface area contributed by atoms with Gasteiger partial charge in [0, 0.05) is 63.1 Å². The van der Waals surface area contributed by atoms with Crippen molar-refractivity contribution in [3.63, 3.8) is 0 Å². The molecule has 34 heavy (non-hydrogen) atoms. The third kappa shape index (κ3) is 5.40. The Labute approximate surface area is 202 Å². The Bertz CT molecular complexity index is 1050. The Kier molecular flexibility index (Phi) is 7.38. The average Bonchev–Trinajstić information content (AvgIpc) is 3.50. The van der Waals surface area contributed by atoms with Gasteiger partial charge in [-0.05, 0) is 37.5 Å². The summed E-state index contributed by atoms with van der Waals surface area (Å²) >= 11 is 1.75. The Hall–Kier alpha value is -2.14. The number of carbonyl (C=O) groups excluding carboxylic acids is 1. The molecule has 3 aliphatic heterocycles. The number of nitrogens with zero attached hydrogens (tertiary/aromatic N) is 3. The van der Waals surface area contributed by atoms with Gasteiger partial charge in [0.15, 0.2) is 0 Å². The van der Waals surface area contributed by atoms with E-state index >= 15 is 0 Å². The number of aliphatic hydroxyl groups is 1. The van der Waals surface area contributed by atoms with Crippen LogP contribution in [0.5, 0.6) is 0 Å². The van der Waals surface area contributed by atoms with E-state index < -0.39 is 6.61 Å². The highest BCUT2D eigenvalue weighted by atomic mass is 32.2. The zero-order valence-corrected chi connectivity index (χ0v) is 20.1. The van der Waals surface area contributed by atoms with E-state index in [9.17, 15) is 9.18 Å². The number of nitrogens with one attached hydrogen (secondary N) is 2. The van der Waals surface area contributed by atoms with Gasteiger partial charge >= 0.3 is 0 Å². The molecule has 0 unspecified atom stereocenters. The van der Waals surface area contributed by atoms with Crippen LogP contribution in [0.4, 0.5) is 10.1 Å². The van der Waals surface area contributed by atoms with Crippen molar-refractivity contribution >= 4 is 39.3 Å². The molecule has 2 fully saturated rings. The first kappa shape index (κ1) is 23.6. The lowest BCUT2D eigenvalue weighted by atomic mass is 10.1.